The molecule has 0 bridgehead atoms. The molecule has 1 aliphatic rings. The van der Waals surface area contributed by atoms with E-state index in [1.54, 1.807) is 0 Å². The van der Waals surface area contributed by atoms with Gasteiger partial charge in [-0.25, -0.2) is 4.79 Å². The second kappa shape index (κ2) is 7.77. The lowest BCUT2D eigenvalue weighted by molar-refractivity contribution is -0.140. The van der Waals surface area contributed by atoms with Crippen molar-refractivity contribution in [3.8, 4) is 0 Å². The first-order valence-corrected chi connectivity index (χ1v) is 6.97. The molecule has 2 N–H and O–H groups in total. The molecule has 0 aromatic heterocycles. The Hall–Kier alpha value is -2.12. The number of carbonyl (C=O) groups is 2. The van der Waals surface area contributed by atoms with Crippen molar-refractivity contribution >= 4 is 12.0 Å². The first kappa shape index (κ1) is 16.3. The molecule has 1 saturated heterocycles. The first-order chi connectivity index (χ1) is 10.6. The predicted molar refractivity (Wildman–Crippen MR) is 77.9 cm³/mol. The van der Waals surface area contributed by atoms with E-state index in [9.17, 15) is 9.59 Å². The third kappa shape index (κ3) is 4.19. The van der Waals surface area contributed by atoms with Crippen molar-refractivity contribution < 1.29 is 23.8 Å². The summed E-state index contributed by atoms with van der Waals surface area (Å²) in [6.45, 7) is 0.157. The van der Waals surface area contributed by atoms with Crippen LogP contribution >= 0.6 is 0 Å². The van der Waals surface area contributed by atoms with Gasteiger partial charge in [0.15, 0.2) is 6.29 Å². The lowest BCUT2D eigenvalue weighted by Crippen LogP contribution is -2.69. The number of nitrogens with one attached hydrogen (secondary N) is 2. The van der Waals surface area contributed by atoms with Crippen molar-refractivity contribution in [2.45, 2.75) is 31.4 Å². The quantitative estimate of drug-likeness (QED) is 0.574. The van der Waals surface area contributed by atoms with Gasteiger partial charge in [-0.2, -0.15) is 0 Å². The molecule has 0 saturated carbocycles. The smallest absolute Gasteiger partial charge is 0.408 e. The average molecular weight is 308 g/mol. The van der Waals surface area contributed by atoms with Gasteiger partial charge in [0.25, 0.3) is 0 Å². The van der Waals surface area contributed by atoms with Crippen molar-refractivity contribution in [3.05, 3.63) is 35.9 Å². The second-order valence-electron chi connectivity index (χ2n) is 4.94. The summed E-state index contributed by atoms with van der Waals surface area (Å²) in [6, 6.07) is 8.46. The van der Waals surface area contributed by atoms with Crippen LogP contribution in [0.25, 0.3) is 0 Å². The number of hydrogen-bond donors (Lipinski definition) is 2. The van der Waals surface area contributed by atoms with Crippen LogP contribution in [0.5, 0.6) is 0 Å². The summed E-state index contributed by atoms with van der Waals surface area (Å²) >= 11 is 0. The zero-order valence-corrected chi connectivity index (χ0v) is 12.6. The second-order valence-corrected chi connectivity index (χ2v) is 4.94. The monoisotopic (exact) mass is 308 g/mol. The molecular weight excluding hydrogens is 288 g/mol. The van der Waals surface area contributed by atoms with Crippen LogP contribution < -0.4 is 10.6 Å². The Kier molecular flexibility index (Phi) is 5.74. The van der Waals surface area contributed by atoms with Crippen LogP contribution in [-0.2, 0) is 25.6 Å². The molecule has 7 nitrogen and oxygen atoms in total. The highest BCUT2D eigenvalue weighted by atomic mass is 16.7. The Labute approximate surface area is 128 Å². The standard InChI is InChI=1S/C15H20N2O5/c1-20-12(21-2)8-11-13(14(18)16-11)17-15(19)22-9-10-6-4-3-5-7-10/h3-7,11-13H,8-9H2,1-2H3,(H,16,18)(H,17,19)/t11-,13-/m1/s1. The highest BCUT2D eigenvalue weighted by Crippen LogP contribution is 2.15. The number of rotatable bonds is 7. The highest BCUT2D eigenvalue weighted by molar-refractivity contribution is 5.92. The van der Waals surface area contributed by atoms with Crippen LogP contribution in [-0.4, -0.2) is 44.6 Å². The number of methoxy groups -OCH3 is 2. The molecule has 1 heterocycles. The molecule has 1 fully saturated rings. The molecule has 2 rings (SSSR count). The number of ether oxygens (including phenoxy) is 3. The Morgan fingerprint density at radius 1 is 1.27 bits per heavy atom. The fraction of sp³-hybridized carbons (Fsp3) is 0.467. The lowest BCUT2D eigenvalue weighted by Gasteiger charge is -2.38. The summed E-state index contributed by atoms with van der Waals surface area (Å²) in [6.07, 6.45) is -0.613. The molecule has 2 amide bonds. The van der Waals surface area contributed by atoms with Gasteiger partial charge in [0, 0.05) is 20.6 Å². The summed E-state index contributed by atoms with van der Waals surface area (Å²) in [4.78, 5) is 23.3. The fourth-order valence-electron chi connectivity index (χ4n) is 2.19. The molecule has 1 aromatic rings. The van der Waals surface area contributed by atoms with E-state index < -0.39 is 18.4 Å². The Morgan fingerprint density at radius 3 is 2.55 bits per heavy atom. The van der Waals surface area contributed by atoms with Gasteiger partial charge < -0.3 is 24.8 Å². The molecule has 2 atom stereocenters. The van der Waals surface area contributed by atoms with Crippen molar-refractivity contribution in [3.63, 3.8) is 0 Å². The number of β-lactam (4-membered cyclic amide) rings is 1. The Morgan fingerprint density at radius 2 is 1.95 bits per heavy atom. The van der Waals surface area contributed by atoms with Crippen LogP contribution in [0, 0.1) is 0 Å². The van der Waals surface area contributed by atoms with E-state index in [4.69, 9.17) is 14.2 Å². The maximum absolute atomic E-state index is 11.8. The minimum absolute atomic E-state index is 0.157. The molecule has 22 heavy (non-hydrogen) atoms. The van der Waals surface area contributed by atoms with Crippen LogP contribution in [0.15, 0.2) is 30.3 Å². The zero-order valence-electron chi connectivity index (χ0n) is 12.6. The zero-order chi connectivity index (χ0) is 15.9. The van der Waals surface area contributed by atoms with E-state index >= 15 is 0 Å². The summed E-state index contributed by atoms with van der Waals surface area (Å²) in [5.41, 5.74) is 0.881. The SMILES string of the molecule is COC(C[C@H]1NC(=O)[C@@H]1NC(=O)OCc1ccccc1)OC. The van der Waals surface area contributed by atoms with Crippen LogP contribution in [0.3, 0.4) is 0 Å². The normalized spacial score (nSPS) is 20.2. The van der Waals surface area contributed by atoms with E-state index in [1.165, 1.54) is 14.2 Å². The number of carbonyl (C=O) groups excluding carboxylic acids is 2. The Bertz CT molecular complexity index is 504. The number of alkyl carbamates (subject to hydrolysis) is 1. The summed E-state index contributed by atoms with van der Waals surface area (Å²) in [5, 5.41) is 5.26. The summed E-state index contributed by atoms with van der Waals surface area (Å²) in [7, 11) is 3.04. The lowest BCUT2D eigenvalue weighted by atomic mass is 9.95. The minimum atomic E-state index is -0.629. The van der Waals surface area contributed by atoms with E-state index in [2.05, 4.69) is 10.6 Å². The van der Waals surface area contributed by atoms with Gasteiger partial charge in [0.05, 0.1) is 6.04 Å². The summed E-state index contributed by atoms with van der Waals surface area (Å²) in [5.74, 6) is -0.243. The molecule has 1 aliphatic heterocycles. The molecule has 0 aliphatic carbocycles. The van der Waals surface area contributed by atoms with Crippen LogP contribution in [0.2, 0.25) is 0 Å². The molecule has 0 radical (unpaired) electrons. The van der Waals surface area contributed by atoms with Gasteiger partial charge in [0.1, 0.15) is 12.6 Å². The van der Waals surface area contributed by atoms with Gasteiger partial charge >= 0.3 is 6.09 Å². The van der Waals surface area contributed by atoms with Crippen molar-refractivity contribution in [2.75, 3.05) is 14.2 Å². The minimum Gasteiger partial charge on any atom is -0.445 e. The van der Waals surface area contributed by atoms with Gasteiger partial charge in [-0.05, 0) is 5.56 Å². The molecule has 7 heteroatoms. The first-order valence-electron chi connectivity index (χ1n) is 6.97. The average Bonchev–Trinajstić information content (AvgIpc) is 2.55. The van der Waals surface area contributed by atoms with Crippen molar-refractivity contribution in [2.24, 2.45) is 0 Å². The molecule has 0 unspecified atom stereocenters. The third-order valence-corrected chi connectivity index (χ3v) is 3.47. The van der Waals surface area contributed by atoms with E-state index in [1.807, 2.05) is 30.3 Å². The van der Waals surface area contributed by atoms with Crippen LogP contribution in [0.4, 0.5) is 4.79 Å². The Balaban J connectivity index is 1.78. The number of hydrogen-bond acceptors (Lipinski definition) is 5. The van der Waals surface area contributed by atoms with Crippen molar-refractivity contribution in [1.82, 2.24) is 10.6 Å². The van der Waals surface area contributed by atoms with Gasteiger partial charge in [-0.1, -0.05) is 30.3 Å². The molecule has 0 spiro atoms. The van der Waals surface area contributed by atoms with Crippen molar-refractivity contribution in [1.29, 1.82) is 0 Å². The van der Waals surface area contributed by atoms with Crippen LogP contribution in [0.1, 0.15) is 12.0 Å². The number of benzene rings is 1. The van der Waals surface area contributed by atoms with Gasteiger partial charge in [-0.15, -0.1) is 0 Å². The summed E-state index contributed by atoms with van der Waals surface area (Å²) < 4.78 is 15.3. The maximum Gasteiger partial charge on any atom is 0.408 e. The third-order valence-electron chi connectivity index (χ3n) is 3.47. The van der Waals surface area contributed by atoms with Gasteiger partial charge in [0.2, 0.25) is 5.91 Å². The maximum atomic E-state index is 11.8. The number of amides is 2. The van der Waals surface area contributed by atoms with E-state index in [0.29, 0.717) is 6.42 Å². The largest absolute Gasteiger partial charge is 0.445 e. The predicted octanol–water partition coefficient (Wildman–Crippen LogP) is 0.789. The van der Waals surface area contributed by atoms with E-state index in [-0.39, 0.29) is 18.6 Å². The molecule has 120 valence electrons. The molecular formula is C15H20N2O5. The molecule has 1 aromatic carbocycles. The highest BCUT2D eigenvalue weighted by Gasteiger charge is 2.41. The fourth-order valence-corrected chi connectivity index (χ4v) is 2.19. The van der Waals surface area contributed by atoms with E-state index in [0.717, 1.165) is 5.56 Å². The van der Waals surface area contributed by atoms with Gasteiger partial charge in [-0.3, -0.25) is 4.79 Å². The topological polar surface area (TPSA) is 85.9 Å².